The summed E-state index contributed by atoms with van der Waals surface area (Å²) in [4.78, 5) is 22.7. The molecule has 0 saturated heterocycles. The number of nitrogens with one attached hydrogen (secondary N) is 1. The van der Waals surface area contributed by atoms with Crippen LogP contribution in [0.2, 0.25) is 0 Å². The minimum Gasteiger partial charge on any atom is -0.289 e. The molecule has 0 radical (unpaired) electrons. The van der Waals surface area contributed by atoms with E-state index in [0.29, 0.717) is 22.0 Å². The van der Waals surface area contributed by atoms with E-state index in [9.17, 15) is 14.9 Å². The van der Waals surface area contributed by atoms with E-state index in [-0.39, 0.29) is 11.5 Å². The van der Waals surface area contributed by atoms with Gasteiger partial charge in [-0.3, -0.25) is 14.9 Å². The first kappa shape index (κ1) is 17.8. The van der Waals surface area contributed by atoms with Crippen LogP contribution in [0.5, 0.6) is 0 Å². The number of nitro groups is 1. The molecule has 2 aromatic rings. The maximum atomic E-state index is 12.2. The molecule has 5 nitrogen and oxygen atoms in total. The fourth-order valence-electron chi connectivity index (χ4n) is 1.74. The number of benzene rings is 2. The van der Waals surface area contributed by atoms with Crippen molar-refractivity contribution in [1.82, 2.24) is 0 Å². The lowest BCUT2D eigenvalue weighted by Crippen LogP contribution is -2.03. The van der Waals surface area contributed by atoms with Gasteiger partial charge in [0.2, 0.25) is 0 Å². The first-order valence-electron chi connectivity index (χ1n) is 6.02. The van der Waals surface area contributed by atoms with Crippen molar-refractivity contribution < 1.29 is 9.72 Å². The van der Waals surface area contributed by atoms with Gasteiger partial charge in [0.15, 0.2) is 5.78 Å². The zero-order valence-electron chi connectivity index (χ0n) is 11.3. The Morgan fingerprint density at radius 1 is 1.23 bits per heavy atom. The third kappa shape index (κ3) is 4.66. The van der Waals surface area contributed by atoms with E-state index in [1.807, 2.05) is 6.07 Å². The fraction of sp³-hybridized carbons (Fsp3) is 0.0667. The van der Waals surface area contributed by atoms with Crippen LogP contribution in [0.1, 0.15) is 21.5 Å². The quantitative estimate of drug-likeness (QED) is 0.213. The number of isothiocyanates is 1. The molecular weight excluding hydrogens is 368 g/mol. The fourth-order valence-corrected chi connectivity index (χ4v) is 2.22. The highest BCUT2D eigenvalue weighted by atomic mass is 79.9. The van der Waals surface area contributed by atoms with Gasteiger partial charge in [-0.15, -0.1) is 0 Å². The molecule has 0 fully saturated rings. The summed E-state index contributed by atoms with van der Waals surface area (Å²) in [6.45, 7) is 0. The van der Waals surface area contributed by atoms with Gasteiger partial charge in [0.1, 0.15) is 0 Å². The molecule has 0 aliphatic rings. The Kier molecular flexibility index (Phi) is 7.25. The van der Waals surface area contributed by atoms with Crippen molar-refractivity contribution >= 4 is 44.8 Å². The van der Waals surface area contributed by atoms with Gasteiger partial charge in [-0.25, -0.2) is 5.41 Å². The summed E-state index contributed by atoms with van der Waals surface area (Å²) in [6, 6.07) is 13.2. The predicted octanol–water partition coefficient (Wildman–Crippen LogP) is 4.39. The monoisotopic (exact) mass is 378 g/mol. The molecule has 1 N–H and O–H groups in total. The average Bonchev–Trinajstić information content (AvgIpc) is 2.55. The number of hydrogen-bond donors (Lipinski definition) is 1. The summed E-state index contributed by atoms with van der Waals surface area (Å²) in [5.41, 5.74) is 1.35. The van der Waals surface area contributed by atoms with Crippen molar-refractivity contribution in [2.75, 3.05) is 0 Å². The Labute approximate surface area is 140 Å². The largest absolute Gasteiger partial charge is 0.289 e. The van der Waals surface area contributed by atoms with Crippen molar-refractivity contribution in [3.63, 3.8) is 0 Å². The summed E-state index contributed by atoms with van der Waals surface area (Å²) in [5.74, 6) is -0.218. The van der Waals surface area contributed by atoms with Gasteiger partial charge in [-0.1, -0.05) is 58.4 Å². The second-order valence-electron chi connectivity index (χ2n) is 4.03. The van der Waals surface area contributed by atoms with Gasteiger partial charge in [0.25, 0.3) is 5.69 Å². The van der Waals surface area contributed by atoms with Crippen molar-refractivity contribution in [3.8, 4) is 0 Å². The van der Waals surface area contributed by atoms with Crippen LogP contribution in [0.4, 0.5) is 5.69 Å². The maximum Gasteiger partial charge on any atom is 0.274 e. The number of ketones is 1. The van der Waals surface area contributed by atoms with Crippen LogP contribution in [0.25, 0.3) is 0 Å². The number of carbonyl (C=O) groups is 1. The average molecular weight is 379 g/mol. The van der Waals surface area contributed by atoms with Gasteiger partial charge >= 0.3 is 0 Å². The van der Waals surface area contributed by atoms with Crippen LogP contribution < -0.4 is 0 Å². The lowest BCUT2D eigenvalue weighted by atomic mass is 10.0. The normalized spacial score (nSPS) is 9.14. The molecule has 0 heterocycles. The third-order valence-corrected chi connectivity index (χ3v) is 3.33. The lowest BCUT2D eigenvalue weighted by Gasteiger charge is -2.03. The van der Waals surface area contributed by atoms with E-state index < -0.39 is 4.92 Å². The van der Waals surface area contributed by atoms with Crippen molar-refractivity contribution in [2.24, 2.45) is 0 Å². The zero-order valence-corrected chi connectivity index (χ0v) is 13.7. The summed E-state index contributed by atoms with van der Waals surface area (Å²) in [6.07, 6.45) is 0. The van der Waals surface area contributed by atoms with Crippen molar-refractivity contribution in [3.05, 3.63) is 75.3 Å². The molecule has 0 aliphatic heterocycles. The van der Waals surface area contributed by atoms with E-state index in [1.165, 1.54) is 6.07 Å². The molecule has 0 aromatic heterocycles. The van der Waals surface area contributed by atoms with Gasteiger partial charge in [0.05, 0.1) is 10.1 Å². The number of nitrogens with zero attached hydrogens (tertiary/aromatic N) is 1. The molecule has 7 heteroatoms. The molecule has 0 unspecified atom stereocenters. The highest BCUT2D eigenvalue weighted by Crippen LogP contribution is 2.24. The zero-order chi connectivity index (χ0) is 16.5. The number of alkyl halides is 1. The molecule has 2 aromatic carbocycles. The van der Waals surface area contributed by atoms with E-state index in [2.05, 4.69) is 28.1 Å². The molecule has 0 saturated carbocycles. The molecule has 0 amide bonds. The van der Waals surface area contributed by atoms with Crippen LogP contribution in [-0.2, 0) is 5.33 Å². The second kappa shape index (κ2) is 8.94. The smallest absolute Gasteiger partial charge is 0.274 e. The van der Waals surface area contributed by atoms with E-state index in [4.69, 9.17) is 5.41 Å². The van der Waals surface area contributed by atoms with Crippen LogP contribution in [-0.4, -0.2) is 15.9 Å². The lowest BCUT2D eigenvalue weighted by molar-refractivity contribution is -0.385. The Morgan fingerprint density at radius 3 is 2.32 bits per heavy atom. The van der Waals surface area contributed by atoms with Crippen molar-refractivity contribution in [2.45, 2.75) is 5.33 Å². The summed E-state index contributed by atoms with van der Waals surface area (Å²) < 4.78 is 0. The molecule has 22 heavy (non-hydrogen) atoms. The Bertz CT molecular complexity index is 714. The number of halogens is 1. The number of hydrogen-bond acceptors (Lipinski definition) is 5. The number of nitro benzene ring substituents is 1. The summed E-state index contributed by atoms with van der Waals surface area (Å²) >= 11 is 7.00. The van der Waals surface area contributed by atoms with Gasteiger partial charge in [-0.05, 0) is 12.2 Å². The highest BCUT2D eigenvalue weighted by Gasteiger charge is 2.17. The van der Waals surface area contributed by atoms with Crippen LogP contribution in [0.15, 0.2) is 48.5 Å². The van der Waals surface area contributed by atoms with Gasteiger partial charge in [-0.2, -0.15) is 0 Å². The molecule has 0 aliphatic carbocycles. The second-order valence-corrected chi connectivity index (χ2v) is 4.80. The van der Waals surface area contributed by atoms with E-state index in [0.717, 1.165) is 0 Å². The molecule has 0 atom stereocenters. The molecule has 2 rings (SSSR count). The Hall–Kier alpha value is -2.21. The van der Waals surface area contributed by atoms with Gasteiger partial charge in [0, 0.05) is 28.1 Å². The van der Waals surface area contributed by atoms with Crippen LogP contribution in [0.3, 0.4) is 0 Å². The first-order chi connectivity index (χ1) is 10.5. The minimum atomic E-state index is -0.474. The third-order valence-electron chi connectivity index (χ3n) is 2.72. The first-order valence-corrected chi connectivity index (χ1v) is 7.55. The van der Waals surface area contributed by atoms with Crippen LogP contribution >= 0.6 is 28.1 Å². The van der Waals surface area contributed by atoms with Gasteiger partial charge < -0.3 is 0 Å². The highest BCUT2D eigenvalue weighted by molar-refractivity contribution is 9.08. The number of rotatable bonds is 4. The number of thiocarbonyl (C=S) groups is 1. The summed E-state index contributed by atoms with van der Waals surface area (Å²) in [5, 5.41) is 18.7. The summed E-state index contributed by atoms with van der Waals surface area (Å²) in [7, 11) is 0. The minimum absolute atomic E-state index is 0.0429. The SMILES string of the molecule is N=C=S.O=C(c1ccccc1)c1ccc(CBr)c([N+](=O)[O-])c1. The van der Waals surface area contributed by atoms with Crippen LogP contribution in [0, 0.1) is 15.5 Å². The Morgan fingerprint density at radius 2 is 1.82 bits per heavy atom. The molecule has 0 bridgehead atoms. The molecule has 112 valence electrons. The predicted molar refractivity (Wildman–Crippen MR) is 90.9 cm³/mol. The topological polar surface area (TPSA) is 84.1 Å². The molecular formula is C15H11BrN2O3S. The van der Waals surface area contributed by atoms with Crippen molar-refractivity contribution in [1.29, 1.82) is 5.41 Å². The van der Waals surface area contributed by atoms with E-state index in [1.54, 1.807) is 41.6 Å². The number of carbonyl (C=O) groups excluding carboxylic acids is 1. The Balaban J connectivity index is 0.000000745. The molecule has 0 spiro atoms. The maximum absolute atomic E-state index is 12.2. The standard InChI is InChI=1S/C14H10BrNO3.CHNS/c15-9-12-7-6-11(8-13(12)16(18)19)14(17)10-4-2-1-3-5-10;2-1-3/h1-8H,9H2;2H. The van der Waals surface area contributed by atoms with E-state index >= 15 is 0 Å².